The van der Waals surface area contributed by atoms with Gasteiger partial charge in [-0.15, -0.1) is 5.10 Å². The largest absolute Gasteiger partial charge is 0.378 e. The van der Waals surface area contributed by atoms with Crippen LogP contribution in [0.5, 0.6) is 0 Å². The lowest BCUT2D eigenvalue weighted by atomic mass is 10.4. The Morgan fingerprint density at radius 1 is 1.50 bits per heavy atom. The number of nitrogens with one attached hydrogen (secondary N) is 1. The molecule has 2 heterocycles. The Labute approximate surface area is 73.1 Å². The van der Waals surface area contributed by atoms with Crippen molar-refractivity contribution in [2.45, 2.75) is 0 Å². The zero-order chi connectivity index (χ0) is 8.39. The Bertz CT molecular complexity index is 302. The number of anilines is 1. The number of aromatic amines is 1. The van der Waals surface area contributed by atoms with Crippen LogP contribution in [-0.2, 0) is 4.74 Å². The van der Waals surface area contributed by atoms with E-state index in [9.17, 15) is 4.79 Å². The highest BCUT2D eigenvalue weighted by Crippen LogP contribution is 2.06. The van der Waals surface area contributed by atoms with Crippen molar-refractivity contribution in [2.24, 2.45) is 0 Å². The summed E-state index contributed by atoms with van der Waals surface area (Å²) in [5, 5.41) is 3.89. The lowest BCUT2D eigenvalue weighted by Gasteiger charge is -2.25. The topological polar surface area (TPSA) is 58.2 Å². The van der Waals surface area contributed by atoms with Crippen LogP contribution in [0.25, 0.3) is 0 Å². The maximum absolute atomic E-state index is 11.2. The fourth-order valence-corrected chi connectivity index (χ4v) is 1.65. The van der Waals surface area contributed by atoms with Crippen LogP contribution >= 0.6 is 11.5 Å². The second kappa shape index (κ2) is 3.24. The number of rotatable bonds is 1. The maximum atomic E-state index is 11.2. The van der Waals surface area contributed by atoms with Crippen molar-refractivity contribution in [1.29, 1.82) is 0 Å². The summed E-state index contributed by atoms with van der Waals surface area (Å²) < 4.78 is 7.75. The summed E-state index contributed by atoms with van der Waals surface area (Å²) in [5.41, 5.74) is 0. The van der Waals surface area contributed by atoms with Gasteiger partial charge in [-0.25, -0.2) is 4.49 Å². The Balaban J connectivity index is 2.18. The first-order chi connectivity index (χ1) is 5.88. The normalized spacial score (nSPS) is 18.2. The molecule has 66 valence electrons. The predicted octanol–water partition coefficient (Wildman–Crippen LogP) is -0.332. The lowest BCUT2D eigenvalue weighted by molar-refractivity contribution is 0.122. The summed E-state index contributed by atoms with van der Waals surface area (Å²) in [6.07, 6.45) is 0. The standard InChI is InChI=1S/C6H9N3O2S/c10-6-5(7-8-12-6)9-1-3-11-4-2-9/h8H,1-4H2. The number of nitrogens with zero attached hydrogens (tertiary/aromatic N) is 2. The van der Waals surface area contributed by atoms with Crippen molar-refractivity contribution in [3.63, 3.8) is 0 Å². The molecule has 1 aromatic rings. The third-order valence-corrected chi connectivity index (χ3v) is 2.33. The van der Waals surface area contributed by atoms with E-state index in [1.165, 1.54) is 0 Å². The first-order valence-electron chi connectivity index (χ1n) is 3.74. The highest BCUT2D eigenvalue weighted by Gasteiger charge is 2.15. The van der Waals surface area contributed by atoms with Gasteiger partial charge in [-0.3, -0.25) is 4.79 Å². The molecule has 0 spiro atoms. The molecular weight excluding hydrogens is 178 g/mol. The van der Waals surface area contributed by atoms with Gasteiger partial charge < -0.3 is 9.64 Å². The van der Waals surface area contributed by atoms with Crippen molar-refractivity contribution in [2.75, 3.05) is 31.2 Å². The Hall–Kier alpha value is -0.880. The Morgan fingerprint density at radius 3 is 2.83 bits per heavy atom. The third-order valence-electron chi connectivity index (χ3n) is 1.78. The summed E-state index contributed by atoms with van der Waals surface area (Å²) in [7, 11) is 0. The highest BCUT2D eigenvalue weighted by atomic mass is 32.1. The van der Waals surface area contributed by atoms with Gasteiger partial charge in [-0.05, 0) is 0 Å². The molecule has 6 heteroatoms. The van der Waals surface area contributed by atoms with E-state index < -0.39 is 0 Å². The van der Waals surface area contributed by atoms with Gasteiger partial charge in [0.25, 0.3) is 4.74 Å². The lowest BCUT2D eigenvalue weighted by Crippen LogP contribution is -2.38. The summed E-state index contributed by atoms with van der Waals surface area (Å²) in [6, 6.07) is 0. The minimum Gasteiger partial charge on any atom is -0.378 e. The molecule has 1 N–H and O–H groups in total. The number of morpholine rings is 1. The Morgan fingerprint density at radius 2 is 2.25 bits per heavy atom. The molecule has 2 rings (SSSR count). The maximum Gasteiger partial charge on any atom is 0.293 e. The van der Waals surface area contributed by atoms with Gasteiger partial charge in [-0.2, -0.15) is 0 Å². The number of ether oxygens (including phenoxy) is 1. The van der Waals surface area contributed by atoms with Gasteiger partial charge in [0.1, 0.15) is 0 Å². The van der Waals surface area contributed by atoms with Gasteiger partial charge in [0.2, 0.25) is 5.82 Å². The summed E-state index contributed by atoms with van der Waals surface area (Å²) in [6.45, 7) is 2.87. The molecule has 0 radical (unpaired) electrons. The second-order valence-electron chi connectivity index (χ2n) is 2.52. The van der Waals surface area contributed by atoms with Crippen LogP contribution in [0.15, 0.2) is 4.79 Å². The van der Waals surface area contributed by atoms with Crippen LogP contribution in [0, 0.1) is 0 Å². The van der Waals surface area contributed by atoms with Crippen LogP contribution < -0.4 is 9.64 Å². The Kier molecular flexibility index (Phi) is 2.09. The molecule has 0 saturated carbocycles. The van der Waals surface area contributed by atoms with E-state index in [1.54, 1.807) is 0 Å². The second-order valence-corrected chi connectivity index (χ2v) is 3.27. The van der Waals surface area contributed by atoms with E-state index in [0.717, 1.165) is 24.6 Å². The fourth-order valence-electron chi connectivity index (χ4n) is 1.17. The number of hydrogen-bond acceptors (Lipinski definition) is 5. The molecule has 0 amide bonds. The van der Waals surface area contributed by atoms with Crippen molar-refractivity contribution in [1.82, 2.24) is 9.59 Å². The zero-order valence-corrected chi connectivity index (χ0v) is 7.26. The summed E-state index contributed by atoms with van der Waals surface area (Å²) in [5.74, 6) is 0.531. The quantitative estimate of drug-likeness (QED) is 0.654. The molecule has 1 aliphatic rings. The fraction of sp³-hybridized carbons (Fsp3) is 0.667. The summed E-state index contributed by atoms with van der Waals surface area (Å²) in [4.78, 5) is 13.1. The van der Waals surface area contributed by atoms with E-state index in [2.05, 4.69) is 9.59 Å². The van der Waals surface area contributed by atoms with Crippen LogP contribution in [0.1, 0.15) is 0 Å². The van der Waals surface area contributed by atoms with Crippen LogP contribution in [0.3, 0.4) is 0 Å². The molecule has 0 aromatic carbocycles. The number of aromatic nitrogens is 2. The predicted molar refractivity (Wildman–Crippen MR) is 45.8 cm³/mol. The molecule has 1 saturated heterocycles. The van der Waals surface area contributed by atoms with Gasteiger partial charge >= 0.3 is 0 Å². The van der Waals surface area contributed by atoms with E-state index >= 15 is 0 Å². The van der Waals surface area contributed by atoms with Gasteiger partial charge in [0.15, 0.2) is 0 Å². The first-order valence-corrected chi connectivity index (χ1v) is 4.56. The van der Waals surface area contributed by atoms with E-state index in [4.69, 9.17) is 4.74 Å². The minimum absolute atomic E-state index is 0.00287. The first kappa shape index (κ1) is 7.75. The average molecular weight is 187 g/mol. The monoisotopic (exact) mass is 187 g/mol. The molecule has 5 nitrogen and oxygen atoms in total. The van der Waals surface area contributed by atoms with Crippen molar-refractivity contribution in [3.05, 3.63) is 9.54 Å². The summed E-state index contributed by atoms with van der Waals surface area (Å²) >= 11 is 1.02. The highest BCUT2D eigenvalue weighted by molar-refractivity contribution is 7.03. The molecule has 1 aliphatic heterocycles. The molecular formula is C6H9N3O2S. The minimum atomic E-state index is -0.00287. The molecule has 1 fully saturated rings. The van der Waals surface area contributed by atoms with Gasteiger partial charge in [-0.1, -0.05) is 0 Å². The molecule has 0 bridgehead atoms. The van der Waals surface area contributed by atoms with Crippen molar-refractivity contribution >= 4 is 17.4 Å². The molecule has 1 aromatic heterocycles. The molecule has 12 heavy (non-hydrogen) atoms. The SMILES string of the molecule is O=c1s[nH]nc1N1CCOCC1. The van der Waals surface area contributed by atoms with E-state index in [-0.39, 0.29) is 4.74 Å². The molecule has 0 aliphatic carbocycles. The van der Waals surface area contributed by atoms with Gasteiger partial charge in [0, 0.05) is 24.6 Å². The van der Waals surface area contributed by atoms with Crippen LogP contribution in [-0.4, -0.2) is 35.9 Å². The van der Waals surface area contributed by atoms with Gasteiger partial charge in [0.05, 0.1) is 13.2 Å². The third kappa shape index (κ3) is 1.35. The van der Waals surface area contributed by atoms with E-state index in [0.29, 0.717) is 19.0 Å². The average Bonchev–Trinajstić information content (AvgIpc) is 2.53. The smallest absolute Gasteiger partial charge is 0.293 e. The van der Waals surface area contributed by atoms with Crippen molar-refractivity contribution in [3.8, 4) is 0 Å². The van der Waals surface area contributed by atoms with E-state index in [1.807, 2.05) is 4.90 Å². The number of H-pyrrole nitrogens is 1. The van der Waals surface area contributed by atoms with Crippen LogP contribution in [0.4, 0.5) is 5.82 Å². The van der Waals surface area contributed by atoms with Crippen molar-refractivity contribution < 1.29 is 4.74 Å². The molecule has 0 atom stereocenters. The van der Waals surface area contributed by atoms with Crippen LogP contribution in [0.2, 0.25) is 0 Å². The molecule has 0 unspecified atom stereocenters. The number of hydrogen-bond donors (Lipinski definition) is 1. The zero-order valence-electron chi connectivity index (χ0n) is 6.45.